The standard InChI is InChI=1S/C14H7F3N2O3/c15-14(16,17)9-6-4-8(5-7-9)13-18-12-10(19(20)21)2-1-3-11(12)22-13/h1-7H. The number of benzene rings is 2. The van der Waals surface area contributed by atoms with Crippen LogP contribution >= 0.6 is 0 Å². The fraction of sp³-hybridized carbons (Fsp3) is 0.0714. The molecule has 0 radical (unpaired) electrons. The number of aromatic nitrogens is 1. The monoisotopic (exact) mass is 308 g/mol. The average molecular weight is 308 g/mol. The minimum absolute atomic E-state index is 0.0259. The second-order valence-corrected chi connectivity index (χ2v) is 4.48. The molecule has 112 valence electrons. The molecule has 0 atom stereocenters. The van der Waals surface area contributed by atoms with E-state index < -0.39 is 16.7 Å². The maximum atomic E-state index is 12.5. The number of fused-ring (bicyclic) bond motifs is 1. The summed E-state index contributed by atoms with van der Waals surface area (Å²) in [6.07, 6.45) is -4.43. The van der Waals surface area contributed by atoms with Crippen molar-refractivity contribution < 1.29 is 22.5 Å². The summed E-state index contributed by atoms with van der Waals surface area (Å²) in [5, 5.41) is 10.9. The first-order chi connectivity index (χ1) is 10.4. The van der Waals surface area contributed by atoms with Gasteiger partial charge in [0.15, 0.2) is 11.1 Å². The summed E-state index contributed by atoms with van der Waals surface area (Å²) in [6.45, 7) is 0. The van der Waals surface area contributed by atoms with Crippen LogP contribution in [0, 0.1) is 10.1 Å². The SMILES string of the molecule is O=[N+]([O-])c1cccc2oc(-c3ccc(C(F)(F)F)cc3)nc12. The number of oxazole rings is 1. The zero-order chi connectivity index (χ0) is 15.9. The third-order valence-corrected chi connectivity index (χ3v) is 3.05. The van der Waals surface area contributed by atoms with Crippen molar-refractivity contribution in [2.75, 3.05) is 0 Å². The summed E-state index contributed by atoms with van der Waals surface area (Å²) < 4.78 is 42.9. The van der Waals surface area contributed by atoms with Gasteiger partial charge in [-0.15, -0.1) is 0 Å². The van der Waals surface area contributed by atoms with Gasteiger partial charge in [-0.25, -0.2) is 4.98 Å². The summed E-state index contributed by atoms with van der Waals surface area (Å²) in [5.74, 6) is 0.0259. The van der Waals surface area contributed by atoms with Gasteiger partial charge in [0, 0.05) is 11.6 Å². The van der Waals surface area contributed by atoms with Gasteiger partial charge < -0.3 is 4.42 Å². The average Bonchev–Trinajstić information content (AvgIpc) is 2.90. The van der Waals surface area contributed by atoms with Crippen molar-refractivity contribution in [3.05, 3.63) is 58.1 Å². The van der Waals surface area contributed by atoms with Gasteiger partial charge in [0.1, 0.15) is 0 Å². The Balaban J connectivity index is 2.07. The van der Waals surface area contributed by atoms with Crippen LogP contribution in [0.2, 0.25) is 0 Å². The van der Waals surface area contributed by atoms with E-state index in [0.29, 0.717) is 5.56 Å². The lowest BCUT2D eigenvalue weighted by atomic mass is 10.1. The molecule has 0 aliphatic carbocycles. The molecule has 0 aliphatic rings. The Labute approximate surface area is 121 Å². The van der Waals surface area contributed by atoms with Crippen LogP contribution in [0.25, 0.3) is 22.6 Å². The molecule has 1 heterocycles. The first kappa shape index (κ1) is 14.1. The maximum Gasteiger partial charge on any atom is 0.416 e. The fourth-order valence-electron chi connectivity index (χ4n) is 2.01. The summed E-state index contributed by atoms with van der Waals surface area (Å²) in [5.41, 5.74) is -0.456. The van der Waals surface area contributed by atoms with Gasteiger partial charge in [0.2, 0.25) is 5.89 Å². The minimum Gasteiger partial charge on any atom is -0.436 e. The zero-order valence-electron chi connectivity index (χ0n) is 10.8. The third-order valence-electron chi connectivity index (χ3n) is 3.05. The molecule has 3 rings (SSSR count). The highest BCUT2D eigenvalue weighted by Gasteiger charge is 2.30. The highest BCUT2D eigenvalue weighted by atomic mass is 19.4. The van der Waals surface area contributed by atoms with Crippen LogP contribution in [0.4, 0.5) is 18.9 Å². The lowest BCUT2D eigenvalue weighted by Gasteiger charge is -2.05. The van der Waals surface area contributed by atoms with Crippen molar-refractivity contribution in [2.45, 2.75) is 6.18 Å². The zero-order valence-corrected chi connectivity index (χ0v) is 10.8. The molecule has 0 fully saturated rings. The Bertz CT molecular complexity index is 854. The first-order valence-corrected chi connectivity index (χ1v) is 6.08. The highest BCUT2D eigenvalue weighted by Crippen LogP contribution is 2.33. The molecular weight excluding hydrogens is 301 g/mol. The molecule has 8 heteroatoms. The number of nitro benzene ring substituents is 1. The van der Waals surface area contributed by atoms with Gasteiger partial charge in [-0.2, -0.15) is 13.2 Å². The second kappa shape index (κ2) is 4.83. The topological polar surface area (TPSA) is 69.2 Å². The van der Waals surface area contributed by atoms with Crippen LogP contribution in [0.5, 0.6) is 0 Å². The van der Waals surface area contributed by atoms with E-state index in [1.54, 1.807) is 0 Å². The van der Waals surface area contributed by atoms with Crippen LogP contribution in [0.15, 0.2) is 46.9 Å². The van der Waals surface area contributed by atoms with E-state index in [9.17, 15) is 23.3 Å². The maximum absolute atomic E-state index is 12.5. The number of halogens is 3. The van der Waals surface area contributed by atoms with Crippen LogP contribution in [-0.2, 0) is 6.18 Å². The smallest absolute Gasteiger partial charge is 0.416 e. The Hall–Kier alpha value is -2.90. The van der Waals surface area contributed by atoms with Crippen molar-refractivity contribution in [1.29, 1.82) is 0 Å². The molecule has 1 aromatic heterocycles. The number of alkyl halides is 3. The number of nitrogens with zero attached hydrogens (tertiary/aromatic N) is 2. The molecule has 0 aliphatic heterocycles. The highest BCUT2D eigenvalue weighted by molar-refractivity contribution is 5.84. The number of hydrogen-bond donors (Lipinski definition) is 0. The number of non-ortho nitro benzene ring substituents is 1. The van der Waals surface area contributed by atoms with Crippen molar-refractivity contribution in [3.8, 4) is 11.5 Å². The van der Waals surface area contributed by atoms with Gasteiger partial charge in [-0.1, -0.05) is 6.07 Å². The predicted molar refractivity (Wildman–Crippen MR) is 71.1 cm³/mol. The van der Waals surface area contributed by atoms with Gasteiger partial charge in [-0.3, -0.25) is 10.1 Å². The largest absolute Gasteiger partial charge is 0.436 e. The normalized spacial score (nSPS) is 11.8. The van der Waals surface area contributed by atoms with Gasteiger partial charge in [0.05, 0.1) is 10.5 Å². The van der Waals surface area contributed by atoms with E-state index >= 15 is 0 Å². The van der Waals surface area contributed by atoms with E-state index in [1.165, 1.54) is 30.3 Å². The van der Waals surface area contributed by atoms with Crippen LogP contribution in [0.3, 0.4) is 0 Å². The molecular formula is C14H7F3N2O3. The molecule has 0 saturated carbocycles. The molecule has 3 aromatic rings. The lowest BCUT2D eigenvalue weighted by molar-refractivity contribution is -0.383. The molecule has 2 aromatic carbocycles. The molecule has 22 heavy (non-hydrogen) atoms. The fourth-order valence-corrected chi connectivity index (χ4v) is 2.01. The summed E-state index contributed by atoms with van der Waals surface area (Å²) in [6, 6.07) is 8.45. The number of hydrogen-bond acceptors (Lipinski definition) is 4. The molecule has 0 bridgehead atoms. The van der Waals surface area contributed by atoms with Crippen molar-refractivity contribution in [2.24, 2.45) is 0 Å². The Kier molecular flexibility index (Phi) is 3.09. The minimum atomic E-state index is -4.43. The van der Waals surface area contributed by atoms with E-state index in [4.69, 9.17) is 4.42 Å². The Morgan fingerprint density at radius 2 is 1.77 bits per heavy atom. The van der Waals surface area contributed by atoms with Crippen molar-refractivity contribution >= 4 is 16.8 Å². The molecule has 0 N–H and O–H groups in total. The number of rotatable bonds is 2. The van der Waals surface area contributed by atoms with E-state index in [0.717, 1.165) is 12.1 Å². The van der Waals surface area contributed by atoms with E-state index in [1.807, 2.05) is 0 Å². The summed E-state index contributed by atoms with van der Waals surface area (Å²) >= 11 is 0. The summed E-state index contributed by atoms with van der Waals surface area (Å²) in [7, 11) is 0. The molecule has 0 amide bonds. The van der Waals surface area contributed by atoms with Gasteiger partial charge in [0.25, 0.3) is 5.69 Å². The quantitative estimate of drug-likeness (QED) is 0.519. The first-order valence-electron chi connectivity index (χ1n) is 6.08. The van der Waals surface area contributed by atoms with Crippen LogP contribution in [-0.4, -0.2) is 9.91 Å². The molecule has 0 unspecified atom stereocenters. The molecule has 5 nitrogen and oxygen atoms in total. The number of para-hydroxylation sites is 1. The van der Waals surface area contributed by atoms with Crippen LogP contribution in [0.1, 0.15) is 5.56 Å². The van der Waals surface area contributed by atoms with E-state index in [-0.39, 0.29) is 22.7 Å². The molecule has 0 spiro atoms. The summed E-state index contributed by atoms with van der Waals surface area (Å²) in [4.78, 5) is 14.3. The van der Waals surface area contributed by atoms with Crippen molar-refractivity contribution in [3.63, 3.8) is 0 Å². The third kappa shape index (κ3) is 2.39. The predicted octanol–water partition coefficient (Wildman–Crippen LogP) is 4.42. The van der Waals surface area contributed by atoms with Crippen LogP contribution < -0.4 is 0 Å². The second-order valence-electron chi connectivity index (χ2n) is 4.48. The molecule has 0 saturated heterocycles. The van der Waals surface area contributed by atoms with Crippen molar-refractivity contribution in [1.82, 2.24) is 4.98 Å². The van der Waals surface area contributed by atoms with Gasteiger partial charge >= 0.3 is 6.18 Å². The Morgan fingerprint density at radius 1 is 1.09 bits per heavy atom. The van der Waals surface area contributed by atoms with E-state index in [2.05, 4.69) is 4.98 Å². The number of nitro groups is 1. The Morgan fingerprint density at radius 3 is 2.36 bits per heavy atom. The van der Waals surface area contributed by atoms with Gasteiger partial charge in [-0.05, 0) is 30.3 Å². The lowest BCUT2D eigenvalue weighted by Crippen LogP contribution is -2.03.